The second kappa shape index (κ2) is 10.1. The van der Waals surface area contributed by atoms with Crippen LogP contribution in [0.3, 0.4) is 0 Å². The third-order valence-electron chi connectivity index (χ3n) is 4.56. The van der Waals surface area contributed by atoms with Crippen molar-refractivity contribution in [3.8, 4) is 0 Å². The number of hydrogen-bond donors (Lipinski definition) is 3. The van der Waals surface area contributed by atoms with Crippen LogP contribution in [-0.4, -0.2) is 59.0 Å². The molecule has 7 nitrogen and oxygen atoms in total. The van der Waals surface area contributed by atoms with E-state index in [4.69, 9.17) is 9.84 Å². The molecular formula is C20H28N2O5. The molecule has 0 spiro atoms. The Morgan fingerprint density at radius 1 is 1.30 bits per heavy atom. The van der Waals surface area contributed by atoms with E-state index in [0.29, 0.717) is 19.4 Å². The summed E-state index contributed by atoms with van der Waals surface area (Å²) in [4.78, 5) is 26.0. The summed E-state index contributed by atoms with van der Waals surface area (Å²) in [7, 11) is 1.67. The highest BCUT2D eigenvalue weighted by atomic mass is 16.6. The van der Waals surface area contributed by atoms with Crippen LogP contribution in [0, 0.1) is 0 Å². The Hall–Kier alpha value is -2.38. The molecule has 0 radical (unpaired) electrons. The predicted molar refractivity (Wildman–Crippen MR) is 101 cm³/mol. The van der Waals surface area contributed by atoms with Gasteiger partial charge in [-0.25, -0.2) is 4.79 Å². The fourth-order valence-corrected chi connectivity index (χ4v) is 2.97. The van der Waals surface area contributed by atoms with Gasteiger partial charge in [0.1, 0.15) is 11.7 Å². The first-order valence-electron chi connectivity index (χ1n) is 9.18. The second-order valence-corrected chi connectivity index (χ2v) is 6.78. The molecule has 1 aliphatic carbocycles. The molecule has 0 unspecified atom stereocenters. The summed E-state index contributed by atoms with van der Waals surface area (Å²) in [5, 5.41) is 22.0. The van der Waals surface area contributed by atoms with Gasteiger partial charge in [0.2, 0.25) is 0 Å². The molecule has 0 aliphatic heterocycles. The summed E-state index contributed by atoms with van der Waals surface area (Å²) in [6, 6.07) is 9.61. The molecule has 2 rings (SSSR count). The van der Waals surface area contributed by atoms with Crippen molar-refractivity contribution in [2.45, 2.75) is 43.9 Å². The van der Waals surface area contributed by atoms with E-state index in [1.807, 2.05) is 36.4 Å². The Balaban J connectivity index is 1.91. The van der Waals surface area contributed by atoms with Crippen LogP contribution in [0.25, 0.3) is 0 Å². The maximum atomic E-state index is 12.4. The summed E-state index contributed by atoms with van der Waals surface area (Å²) in [5.74, 6) is -0.502. The van der Waals surface area contributed by atoms with Crippen molar-refractivity contribution in [3.05, 3.63) is 48.0 Å². The highest BCUT2D eigenvalue weighted by molar-refractivity contribution is 5.84. The van der Waals surface area contributed by atoms with E-state index in [1.54, 1.807) is 13.1 Å². The number of nitrogens with one attached hydrogen (secondary N) is 1. The molecule has 7 heteroatoms. The van der Waals surface area contributed by atoms with E-state index in [9.17, 15) is 14.7 Å². The third-order valence-corrected chi connectivity index (χ3v) is 4.56. The topological polar surface area (TPSA) is 99.1 Å². The molecule has 1 aromatic carbocycles. The summed E-state index contributed by atoms with van der Waals surface area (Å²) in [5.41, 5.74) is -0.527. The zero-order valence-electron chi connectivity index (χ0n) is 15.6. The molecule has 1 aliphatic rings. The van der Waals surface area contributed by atoms with Crippen molar-refractivity contribution < 1.29 is 24.5 Å². The van der Waals surface area contributed by atoms with Gasteiger partial charge in [-0.3, -0.25) is 4.79 Å². The lowest BCUT2D eigenvalue weighted by Crippen LogP contribution is -2.48. The average molecular weight is 376 g/mol. The Morgan fingerprint density at radius 3 is 2.74 bits per heavy atom. The van der Waals surface area contributed by atoms with E-state index in [2.05, 4.69) is 5.32 Å². The zero-order valence-corrected chi connectivity index (χ0v) is 15.6. The van der Waals surface area contributed by atoms with Crippen LogP contribution < -0.4 is 5.32 Å². The molecule has 2 amide bonds. The molecule has 0 saturated carbocycles. The minimum atomic E-state index is -1.53. The maximum absolute atomic E-state index is 12.4. The zero-order chi connectivity index (χ0) is 19.7. The van der Waals surface area contributed by atoms with Gasteiger partial charge in [-0.15, -0.1) is 0 Å². The predicted octanol–water partition coefficient (Wildman–Crippen LogP) is 1.59. The van der Waals surface area contributed by atoms with Crippen LogP contribution in [0.2, 0.25) is 0 Å². The van der Waals surface area contributed by atoms with E-state index in [0.717, 1.165) is 5.56 Å². The van der Waals surface area contributed by atoms with Crippen molar-refractivity contribution in [2.75, 3.05) is 20.2 Å². The molecule has 2 atom stereocenters. The smallest absolute Gasteiger partial charge is 0.410 e. The number of benzene rings is 1. The number of aliphatic hydroxyl groups excluding tert-OH is 1. The van der Waals surface area contributed by atoms with Crippen LogP contribution in [-0.2, 0) is 16.1 Å². The van der Waals surface area contributed by atoms with Crippen LogP contribution in [0.1, 0.15) is 31.2 Å². The van der Waals surface area contributed by atoms with Gasteiger partial charge in [0.05, 0.1) is 6.61 Å². The molecule has 27 heavy (non-hydrogen) atoms. The Morgan fingerprint density at radius 2 is 2.04 bits per heavy atom. The summed E-state index contributed by atoms with van der Waals surface area (Å²) < 4.78 is 5.53. The number of carbonyl (C=O) groups is 2. The number of hydrogen-bond acceptors (Lipinski definition) is 5. The number of carbonyl (C=O) groups excluding carboxylic acids is 2. The summed E-state index contributed by atoms with van der Waals surface area (Å²) in [6.45, 7) is 0.346. The Kier molecular flexibility index (Phi) is 7.82. The van der Waals surface area contributed by atoms with Gasteiger partial charge in [-0.05, 0) is 37.3 Å². The molecule has 0 fully saturated rings. The van der Waals surface area contributed by atoms with Crippen molar-refractivity contribution in [1.29, 1.82) is 0 Å². The average Bonchev–Trinajstić information content (AvgIpc) is 2.66. The highest BCUT2D eigenvalue weighted by Crippen LogP contribution is 2.25. The standard InChI is InChI=1S/C20H28N2O5/c1-22(15-16-7-3-2-4-8-16)19(25)27-17-9-5-6-11-20(26,12-10-17)18(24)21-13-14-23/h2-5,7-9,17,23,26H,6,10-15H2,1H3,(H,21,24)/b9-5+/t17-,20-/m1/s1. The molecule has 0 aromatic heterocycles. The van der Waals surface area contributed by atoms with Crippen LogP contribution >= 0.6 is 0 Å². The molecule has 3 N–H and O–H groups in total. The lowest BCUT2D eigenvalue weighted by atomic mass is 9.87. The van der Waals surface area contributed by atoms with Gasteiger partial charge < -0.3 is 25.2 Å². The first-order chi connectivity index (χ1) is 12.9. The van der Waals surface area contributed by atoms with Crippen molar-refractivity contribution >= 4 is 12.0 Å². The highest BCUT2D eigenvalue weighted by Gasteiger charge is 2.36. The Bertz CT molecular complexity index is 649. The maximum Gasteiger partial charge on any atom is 0.410 e. The van der Waals surface area contributed by atoms with Crippen molar-refractivity contribution in [3.63, 3.8) is 0 Å². The minimum Gasteiger partial charge on any atom is -0.442 e. The molecule has 0 bridgehead atoms. The van der Waals surface area contributed by atoms with Gasteiger partial charge in [0, 0.05) is 20.1 Å². The number of rotatable bonds is 6. The quantitative estimate of drug-likeness (QED) is 0.655. The van der Waals surface area contributed by atoms with Gasteiger partial charge in [-0.1, -0.05) is 36.4 Å². The number of aliphatic hydroxyl groups is 2. The largest absolute Gasteiger partial charge is 0.442 e. The van der Waals surface area contributed by atoms with Crippen LogP contribution in [0.5, 0.6) is 0 Å². The lowest BCUT2D eigenvalue weighted by Gasteiger charge is -2.30. The first kappa shape index (κ1) is 20.9. The number of allylic oxidation sites excluding steroid dienone is 1. The number of ether oxygens (including phenoxy) is 1. The molecule has 0 saturated heterocycles. The van der Waals surface area contributed by atoms with Gasteiger partial charge in [0.25, 0.3) is 5.91 Å². The van der Waals surface area contributed by atoms with Gasteiger partial charge >= 0.3 is 6.09 Å². The van der Waals surface area contributed by atoms with Crippen molar-refractivity contribution in [1.82, 2.24) is 10.2 Å². The number of amides is 2. The third kappa shape index (κ3) is 6.37. The number of nitrogens with zero attached hydrogens (tertiary/aromatic N) is 1. The fraction of sp³-hybridized carbons (Fsp3) is 0.500. The Labute approximate surface area is 159 Å². The second-order valence-electron chi connectivity index (χ2n) is 6.78. The van der Waals surface area contributed by atoms with E-state index < -0.39 is 23.7 Å². The fourth-order valence-electron chi connectivity index (χ4n) is 2.97. The van der Waals surface area contributed by atoms with Crippen LogP contribution in [0.15, 0.2) is 42.5 Å². The van der Waals surface area contributed by atoms with E-state index in [-0.39, 0.29) is 26.0 Å². The van der Waals surface area contributed by atoms with E-state index in [1.165, 1.54) is 4.90 Å². The SMILES string of the molecule is CN(Cc1ccccc1)C(=O)O[C@@H]1/C=C/CC[C@](O)(C(=O)NCCO)CC1. The normalized spacial score (nSPS) is 23.6. The first-order valence-corrected chi connectivity index (χ1v) is 9.18. The van der Waals surface area contributed by atoms with Crippen LogP contribution in [0.4, 0.5) is 4.79 Å². The monoisotopic (exact) mass is 376 g/mol. The van der Waals surface area contributed by atoms with Gasteiger partial charge in [-0.2, -0.15) is 0 Å². The lowest BCUT2D eigenvalue weighted by molar-refractivity contribution is -0.142. The van der Waals surface area contributed by atoms with Gasteiger partial charge in [0.15, 0.2) is 0 Å². The summed E-state index contributed by atoms with van der Waals surface area (Å²) in [6.07, 6.45) is 3.96. The van der Waals surface area contributed by atoms with E-state index >= 15 is 0 Å². The molecular weight excluding hydrogens is 348 g/mol. The summed E-state index contributed by atoms with van der Waals surface area (Å²) >= 11 is 0. The minimum absolute atomic E-state index is 0.0969. The van der Waals surface area contributed by atoms with Crippen molar-refractivity contribution in [2.24, 2.45) is 0 Å². The molecule has 148 valence electrons. The molecule has 1 aromatic rings. The molecule has 0 heterocycles.